The molecule has 4 rings (SSSR count). The molecule has 0 saturated carbocycles. The van der Waals surface area contributed by atoms with E-state index in [1.54, 1.807) is 23.1 Å². The molecule has 0 atom stereocenters. The number of thiazole rings is 1. The van der Waals surface area contributed by atoms with Gasteiger partial charge in [0.2, 0.25) is 10.9 Å². The molecule has 0 aliphatic rings. The molecule has 5 nitrogen and oxygen atoms in total. The predicted octanol–water partition coefficient (Wildman–Crippen LogP) is 3.84. The van der Waals surface area contributed by atoms with Crippen molar-refractivity contribution in [3.63, 3.8) is 0 Å². The molecule has 106 valence electrons. The number of oxazole rings is 1. The second kappa shape index (κ2) is 4.85. The molecule has 0 aliphatic heterocycles. The lowest BCUT2D eigenvalue weighted by atomic mass is 10.3. The van der Waals surface area contributed by atoms with E-state index in [-0.39, 0.29) is 0 Å². The van der Waals surface area contributed by atoms with E-state index in [0.29, 0.717) is 5.75 Å². The van der Waals surface area contributed by atoms with Gasteiger partial charge in [-0.1, -0.05) is 35.2 Å². The third-order valence-corrected chi connectivity index (χ3v) is 5.23. The lowest BCUT2D eigenvalue weighted by Gasteiger charge is -1.96. The van der Waals surface area contributed by atoms with Crippen LogP contribution in [0.2, 0.25) is 0 Å². The summed E-state index contributed by atoms with van der Waals surface area (Å²) >= 11 is 3.24. The highest BCUT2D eigenvalue weighted by Gasteiger charge is 2.14. The van der Waals surface area contributed by atoms with Crippen LogP contribution in [-0.2, 0) is 5.75 Å². The molecule has 0 N–H and O–H groups in total. The molecular formula is C14H12N4OS2. The Morgan fingerprint density at radius 3 is 2.90 bits per heavy atom. The average Bonchev–Trinajstić information content (AvgIpc) is 3.11. The monoisotopic (exact) mass is 316 g/mol. The van der Waals surface area contributed by atoms with E-state index in [2.05, 4.69) is 31.7 Å². The fraction of sp³-hybridized carbons (Fsp3) is 0.214. The van der Waals surface area contributed by atoms with Gasteiger partial charge in [0.05, 0.1) is 21.7 Å². The summed E-state index contributed by atoms with van der Waals surface area (Å²) in [6.07, 6.45) is 0. The SMILES string of the molecule is Cc1nc(CSc2nnc3sc4ccccc4n23)oc1C. The minimum Gasteiger partial charge on any atom is -0.445 e. The summed E-state index contributed by atoms with van der Waals surface area (Å²) in [4.78, 5) is 5.31. The summed E-state index contributed by atoms with van der Waals surface area (Å²) in [5, 5.41) is 9.39. The number of aryl methyl sites for hydroxylation is 2. The highest BCUT2D eigenvalue weighted by Crippen LogP contribution is 2.30. The highest BCUT2D eigenvalue weighted by atomic mass is 32.2. The quantitative estimate of drug-likeness (QED) is 0.537. The van der Waals surface area contributed by atoms with E-state index in [0.717, 1.165) is 33.0 Å². The van der Waals surface area contributed by atoms with Crippen LogP contribution in [0, 0.1) is 13.8 Å². The van der Waals surface area contributed by atoms with Gasteiger partial charge in [-0.05, 0) is 26.0 Å². The molecule has 0 unspecified atom stereocenters. The molecular weight excluding hydrogens is 304 g/mol. The number of aromatic nitrogens is 4. The maximum absolute atomic E-state index is 5.61. The van der Waals surface area contributed by atoms with Crippen LogP contribution in [0.25, 0.3) is 15.2 Å². The van der Waals surface area contributed by atoms with E-state index < -0.39 is 0 Å². The smallest absolute Gasteiger partial charge is 0.217 e. The first-order valence-corrected chi connectivity index (χ1v) is 8.31. The van der Waals surface area contributed by atoms with Crippen molar-refractivity contribution in [2.45, 2.75) is 24.8 Å². The molecule has 7 heteroatoms. The van der Waals surface area contributed by atoms with E-state index in [9.17, 15) is 0 Å². The van der Waals surface area contributed by atoms with Gasteiger partial charge in [-0.3, -0.25) is 4.40 Å². The summed E-state index contributed by atoms with van der Waals surface area (Å²) in [5.74, 6) is 2.25. The number of hydrogen-bond donors (Lipinski definition) is 0. The first-order chi connectivity index (χ1) is 10.2. The Balaban J connectivity index is 1.70. The van der Waals surface area contributed by atoms with Gasteiger partial charge in [0.15, 0.2) is 5.16 Å². The fourth-order valence-corrected chi connectivity index (χ4v) is 3.99. The zero-order valence-corrected chi connectivity index (χ0v) is 13.2. The van der Waals surface area contributed by atoms with Crippen molar-refractivity contribution >= 4 is 38.3 Å². The van der Waals surface area contributed by atoms with Crippen LogP contribution >= 0.6 is 23.1 Å². The van der Waals surface area contributed by atoms with Crippen LogP contribution < -0.4 is 0 Å². The third kappa shape index (κ3) is 2.13. The van der Waals surface area contributed by atoms with Crippen LogP contribution in [0.3, 0.4) is 0 Å². The molecule has 0 amide bonds. The summed E-state index contributed by atoms with van der Waals surface area (Å²) in [6.45, 7) is 3.88. The molecule has 0 bridgehead atoms. The molecule has 0 radical (unpaired) electrons. The second-order valence-electron chi connectivity index (χ2n) is 4.71. The van der Waals surface area contributed by atoms with E-state index >= 15 is 0 Å². The van der Waals surface area contributed by atoms with Gasteiger partial charge >= 0.3 is 0 Å². The van der Waals surface area contributed by atoms with Crippen LogP contribution in [-0.4, -0.2) is 19.6 Å². The Bertz CT molecular complexity index is 918. The molecule has 0 aliphatic carbocycles. The van der Waals surface area contributed by atoms with Gasteiger partial charge in [0.25, 0.3) is 0 Å². The van der Waals surface area contributed by atoms with Crippen LogP contribution in [0.5, 0.6) is 0 Å². The van der Waals surface area contributed by atoms with Crippen LogP contribution in [0.15, 0.2) is 33.8 Å². The van der Waals surface area contributed by atoms with Crippen molar-refractivity contribution in [2.75, 3.05) is 0 Å². The summed E-state index contributed by atoms with van der Waals surface area (Å²) in [7, 11) is 0. The Morgan fingerprint density at radius 2 is 2.10 bits per heavy atom. The Hall–Kier alpha value is -1.86. The zero-order chi connectivity index (χ0) is 14.4. The van der Waals surface area contributed by atoms with Crippen LogP contribution in [0.1, 0.15) is 17.3 Å². The second-order valence-corrected chi connectivity index (χ2v) is 6.66. The van der Waals surface area contributed by atoms with Crippen LogP contribution in [0.4, 0.5) is 0 Å². The molecule has 1 aromatic carbocycles. The lowest BCUT2D eigenvalue weighted by molar-refractivity contribution is 0.489. The van der Waals surface area contributed by atoms with Crippen molar-refractivity contribution in [3.05, 3.63) is 41.6 Å². The van der Waals surface area contributed by atoms with Gasteiger partial charge in [0, 0.05) is 0 Å². The highest BCUT2D eigenvalue weighted by molar-refractivity contribution is 7.98. The molecule has 0 fully saturated rings. The minimum absolute atomic E-state index is 0.652. The average molecular weight is 316 g/mol. The van der Waals surface area contributed by atoms with Crippen molar-refractivity contribution in [1.29, 1.82) is 0 Å². The first kappa shape index (κ1) is 12.8. The minimum atomic E-state index is 0.652. The van der Waals surface area contributed by atoms with Gasteiger partial charge in [-0.2, -0.15) is 0 Å². The van der Waals surface area contributed by atoms with Gasteiger partial charge in [-0.25, -0.2) is 4.98 Å². The standard InChI is InChI=1S/C14H12N4OS2/c1-8-9(2)19-12(15-8)7-20-13-16-17-14-18(13)10-5-3-4-6-11(10)21-14/h3-6H,7H2,1-2H3. The maximum atomic E-state index is 5.61. The molecule has 0 saturated heterocycles. The van der Waals surface area contributed by atoms with Crippen molar-refractivity contribution in [1.82, 2.24) is 19.6 Å². The van der Waals surface area contributed by atoms with Crippen molar-refractivity contribution in [2.24, 2.45) is 0 Å². The fourth-order valence-electron chi connectivity index (χ4n) is 2.18. The van der Waals surface area contributed by atoms with Crippen molar-refractivity contribution < 1.29 is 4.42 Å². The number of rotatable bonds is 3. The summed E-state index contributed by atoms with van der Waals surface area (Å²) in [6, 6.07) is 8.26. The lowest BCUT2D eigenvalue weighted by Crippen LogP contribution is -1.87. The Morgan fingerprint density at radius 1 is 1.24 bits per heavy atom. The predicted molar refractivity (Wildman–Crippen MR) is 83.9 cm³/mol. The third-order valence-electron chi connectivity index (χ3n) is 3.31. The molecule has 21 heavy (non-hydrogen) atoms. The van der Waals surface area contributed by atoms with Gasteiger partial charge < -0.3 is 4.42 Å². The number of benzene rings is 1. The Kier molecular flexibility index (Phi) is 2.97. The number of hydrogen-bond acceptors (Lipinski definition) is 6. The number of fused-ring (bicyclic) bond motifs is 3. The topological polar surface area (TPSA) is 56.2 Å². The summed E-state index contributed by atoms with van der Waals surface area (Å²) in [5.41, 5.74) is 2.09. The number of para-hydroxylation sites is 1. The summed E-state index contributed by atoms with van der Waals surface area (Å²) < 4.78 is 8.91. The zero-order valence-electron chi connectivity index (χ0n) is 11.5. The van der Waals surface area contributed by atoms with Gasteiger partial charge in [-0.15, -0.1) is 10.2 Å². The number of nitrogens with zero attached hydrogens (tertiary/aromatic N) is 4. The van der Waals surface area contributed by atoms with Gasteiger partial charge in [0.1, 0.15) is 5.76 Å². The molecule has 0 spiro atoms. The number of thioether (sulfide) groups is 1. The molecule has 3 aromatic heterocycles. The largest absolute Gasteiger partial charge is 0.445 e. The van der Waals surface area contributed by atoms with E-state index in [4.69, 9.17) is 4.42 Å². The van der Waals surface area contributed by atoms with E-state index in [1.807, 2.05) is 26.0 Å². The Labute approximate surface area is 129 Å². The van der Waals surface area contributed by atoms with Crippen molar-refractivity contribution in [3.8, 4) is 0 Å². The normalized spacial score (nSPS) is 11.7. The molecule has 3 heterocycles. The maximum Gasteiger partial charge on any atom is 0.217 e. The first-order valence-electron chi connectivity index (χ1n) is 6.51. The molecule has 4 aromatic rings. The van der Waals surface area contributed by atoms with E-state index in [1.165, 1.54) is 4.70 Å².